The molecule has 232 valence electrons. The molecule has 1 aliphatic heterocycles. The zero-order valence-corrected chi connectivity index (χ0v) is 24.7. The van der Waals surface area contributed by atoms with Crippen molar-refractivity contribution in [3.05, 3.63) is 41.6 Å². The summed E-state index contributed by atoms with van der Waals surface area (Å²) in [6, 6.07) is 6.73. The van der Waals surface area contributed by atoms with Crippen LogP contribution in [-0.2, 0) is 11.0 Å². The van der Waals surface area contributed by atoms with E-state index in [2.05, 4.69) is 37.9 Å². The second-order valence-electron chi connectivity index (χ2n) is 12.8. The first kappa shape index (κ1) is 29.7. The van der Waals surface area contributed by atoms with Crippen LogP contribution in [0.3, 0.4) is 0 Å². The normalized spacial score (nSPS) is 26.2. The van der Waals surface area contributed by atoms with Gasteiger partial charge in [0.1, 0.15) is 11.4 Å². The second kappa shape index (κ2) is 11.9. The van der Waals surface area contributed by atoms with Gasteiger partial charge in [0.15, 0.2) is 0 Å². The number of aromatic nitrogens is 2. The number of nitrogens with zero attached hydrogens (tertiary/aromatic N) is 4. The molecule has 2 bridgehead atoms. The van der Waals surface area contributed by atoms with Crippen molar-refractivity contribution < 1.29 is 22.8 Å². The van der Waals surface area contributed by atoms with Gasteiger partial charge in [0.25, 0.3) is 5.91 Å². The van der Waals surface area contributed by atoms with Crippen LogP contribution < -0.4 is 16.0 Å². The first-order valence-electron chi connectivity index (χ1n) is 15.4. The predicted octanol–water partition coefficient (Wildman–Crippen LogP) is 4.90. The van der Waals surface area contributed by atoms with Gasteiger partial charge in [-0.2, -0.15) is 18.2 Å². The predicted molar refractivity (Wildman–Crippen MR) is 157 cm³/mol. The smallest absolute Gasteiger partial charge is 0.366 e. The molecule has 0 spiro atoms. The molecule has 2 heterocycles. The molecule has 4 aliphatic carbocycles. The minimum absolute atomic E-state index is 0.00188. The molecule has 9 nitrogen and oxygen atoms in total. The molecule has 3 N–H and O–H groups in total. The summed E-state index contributed by atoms with van der Waals surface area (Å²) in [6.45, 7) is 1.90. The lowest BCUT2D eigenvalue weighted by Crippen LogP contribution is -2.54. The summed E-state index contributed by atoms with van der Waals surface area (Å²) >= 11 is 0. The molecular weight excluding hydrogens is 559 g/mol. The monoisotopic (exact) mass is 599 g/mol. The topological polar surface area (TPSA) is 102 Å². The fraction of sp³-hybridized carbons (Fsp3) is 0.613. The summed E-state index contributed by atoms with van der Waals surface area (Å²) in [5, 5.41) is 9.15. The van der Waals surface area contributed by atoms with E-state index >= 15 is 0 Å². The standard InChI is InChI=1S/C31H40F3N7O2/c1-40-15-13-23(14-16-40)41(2)29(43)20-7-9-22(10-8-20)37-30-35-17-24(31(32,33)34)27(39-30)38-26-19-5-3-18(4-6-19)25(26)28(42)36-21-11-12-21/h7-10,17-19,21,23,25-26H,3-6,11-16H2,1-2H3,(H,36,42)(H2,35,37,38,39)/t18?,19?,25-,26-/m0/s1. The molecule has 4 saturated carbocycles. The molecule has 5 aliphatic rings. The minimum Gasteiger partial charge on any atom is -0.366 e. The van der Waals surface area contributed by atoms with Gasteiger partial charge in [-0.3, -0.25) is 9.59 Å². The summed E-state index contributed by atoms with van der Waals surface area (Å²) in [6.07, 6.45) is 3.47. The van der Waals surface area contributed by atoms with Gasteiger partial charge >= 0.3 is 6.18 Å². The number of carbonyl (C=O) groups is 2. The Morgan fingerprint density at radius 3 is 2.23 bits per heavy atom. The van der Waals surface area contributed by atoms with E-state index in [1.807, 2.05) is 7.05 Å². The fourth-order valence-electron chi connectivity index (χ4n) is 7.05. The number of fused-ring (bicyclic) bond motifs is 3. The summed E-state index contributed by atoms with van der Waals surface area (Å²) in [5.74, 6) is -0.596. The number of hydrogen-bond donors (Lipinski definition) is 3. The average Bonchev–Trinajstić information content (AvgIpc) is 3.81. The van der Waals surface area contributed by atoms with E-state index in [0.717, 1.165) is 70.7 Å². The lowest BCUT2D eigenvalue weighted by molar-refractivity contribution is -0.137. The van der Waals surface area contributed by atoms with E-state index in [1.54, 1.807) is 29.2 Å². The maximum atomic E-state index is 14.1. The number of hydrogen-bond acceptors (Lipinski definition) is 7. The molecule has 0 unspecified atom stereocenters. The van der Waals surface area contributed by atoms with Crippen molar-refractivity contribution in [2.75, 3.05) is 37.8 Å². The molecule has 12 heteroatoms. The Labute approximate surface area is 250 Å². The number of halogens is 3. The van der Waals surface area contributed by atoms with Gasteiger partial charge in [0, 0.05) is 42.6 Å². The maximum Gasteiger partial charge on any atom is 0.421 e. The van der Waals surface area contributed by atoms with Crippen molar-refractivity contribution in [2.45, 2.75) is 75.7 Å². The summed E-state index contributed by atoms with van der Waals surface area (Å²) in [7, 11) is 3.90. The average molecular weight is 600 g/mol. The largest absolute Gasteiger partial charge is 0.421 e. The third kappa shape index (κ3) is 6.58. The van der Waals surface area contributed by atoms with Crippen molar-refractivity contribution in [3.63, 3.8) is 0 Å². The Morgan fingerprint density at radius 2 is 1.60 bits per heavy atom. The number of anilines is 3. The summed E-state index contributed by atoms with van der Waals surface area (Å²) in [4.78, 5) is 38.5. The molecule has 1 saturated heterocycles. The van der Waals surface area contributed by atoms with Crippen molar-refractivity contribution >= 4 is 29.3 Å². The maximum absolute atomic E-state index is 14.1. The Kier molecular flexibility index (Phi) is 8.23. The van der Waals surface area contributed by atoms with Gasteiger partial charge in [-0.1, -0.05) is 0 Å². The molecule has 5 fully saturated rings. The molecule has 0 radical (unpaired) electrons. The van der Waals surface area contributed by atoms with E-state index in [9.17, 15) is 22.8 Å². The van der Waals surface area contributed by atoms with Crippen molar-refractivity contribution in [2.24, 2.45) is 17.8 Å². The zero-order chi connectivity index (χ0) is 30.3. The van der Waals surface area contributed by atoms with Crippen LogP contribution in [0.5, 0.6) is 0 Å². The molecule has 2 aromatic rings. The Bertz CT molecular complexity index is 1320. The van der Waals surface area contributed by atoms with Crippen LogP contribution in [0.2, 0.25) is 0 Å². The Morgan fingerprint density at radius 1 is 0.953 bits per heavy atom. The van der Waals surface area contributed by atoms with Gasteiger partial charge in [0.2, 0.25) is 11.9 Å². The van der Waals surface area contributed by atoms with Crippen LogP contribution in [0.1, 0.15) is 67.3 Å². The SMILES string of the molecule is CN1CCC(N(C)C(=O)c2ccc(Nc3ncc(C(F)(F)F)c(N[C@H]4C5CCC(CC5)[C@@H]4C(=O)NC4CC4)n3)cc2)CC1. The quantitative estimate of drug-likeness (QED) is 0.397. The fourth-order valence-corrected chi connectivity index (χ4v) is 7.05. The Hall–Kier alpha value is -3.41. The van der Waals surface area contributed by atoms with E-state index in [4.69, 9.17) is 0 Å². The molecule has 2 amide bonds. The van der Waals surface area contributed by atoms with Crippen LogP contribution in [0.15, 0.2) is 30.5 Å². The van der Waals surface area contributed by atoms with E-state index in [1.165, 1.54) is 0 Å². The number of alkyl halides is 3. The molecule has 1 aromatic heterocycles. The number of nitrogens with one attached hydrogen (secondary N) is 3. The first-order chi connectivity index (χ1) is 20.6. The van der Waals surface area contributed by atoms with Crippen LogP contribution in [-0.4, -0.2) is 76.9 Å². The zero-order valence-electron chi connectivity index (χ0n) is 24.7. The number of rotatable bonds is 8. The summed E-state index contributed by atoms with van der Waals surface area (Å²) < 4.78 is 42.2. The molecule has 1 aromatic carbocycles. The van der Waals surface area contributed by atoms with Gasteiger partial charge in [-0.15, -0.1) is 0 Å². The third-order valence-electron chi connectivity index (χ3n) is 9.79. The first-order valence-corrected chi connectivity index (χ1v) is 15.4. The lowest BCUT2D eigenvalue weighted by Gasteiger charge is -2.48. The van der Waals surface area contributed by atoms with Gasteiger partial charge in [-0.25, -0.2) is 4.98 Å². The molecule has 7 rings (SSSR count). The van der Waals surface area contributed by atoms with Gasteiger partial charge in [0.05, 0.1) is 5.92 Å². The highest BCUT2D eigenvalue weighted by atomic mass is 19.4. The van der Waals surface area contributed by atoms with Crippen LogP contribution in [0, 0.1) is 17.8 Å². The van der Waals surface area contributed by atoms with Gasteiger partial charge in [-0.05, 0) is 108 Å². The number of likely N-dealkylation sites (tertiary alicyclic amines) is 1. The highest BCUT2D eigenvalue weighted by molar-refractivity contribution is 5.94. The Balaban J connectivity index is 1.18. The van der Waals surface area contributed by atoms with Crippen LogP contribution in [0.4, 0.5) is 30.6 Å². The molecule has 43 heavy (non-hydrogen) atoms. The highest BCUT2D eigenvalue weighted by Gasteiger charge is 2.49. The lowest BCUT2D eigenvalue weighted by atomic mass is 9.61. The van der Waals surface area contributed by atoms with Crippen molar-refractivity contribution in [3.8, 4) is 0 Å². The number of amides is 2. The molecule has 2 atom stereocenters. The number of benzene rings is 1. The van der Waals surface area contributed by atoms with Crippen molar-refractivity contribution in [1.29, 1.82) is 0 Å². The van der Waals surface area contributed by atoms with Crippen LogP contribution in [0.25, 0.3) is 0 Å². The summed E-state index contributed by atoms with van der Waals surface area (Å²) in [5.41, 5.74) is 0.117. The van der Waals surface area contributed by atoms with E-state index < -0.39 is 23.7 Å². The highest BCUT2D eigenvalue weighted by Crippen LogP contribution is 2.47. The van der Waals surface area contributed by atoms with Crippen LogP contribution >= 0.6 is 0 Å². The second-order valence-corrected chi connectivity index (χ2v) is 12.8. The van der Waals surface area contributed by atoms with Gasteiger partial charge < -0.3 is 25.8 Å². The minimum atomic E-state index is -4.66. The van der Waals surface area contributed by atoms with E-state index in [-0.39, 0.29) is 47.5 Å². The van der Waals surface area contributed by atoms with Crippen molar-refractivity contribution in [1.82, 2.24) is 25.1 Å². The number of piperidine rings is 1. The molecular formula is C31H40F3N7O2. The number of carbonyl (C=O) groups excluding carboxylic acids is 2. The van der Waals surface area contributed by atoms with E-state index in [0.29, 0.717) is 11.3 Å². The third-order valence-corrected chi connectivity index (χ3v) is 9.79.